The number of allylic oxidation sites excluding steroid dienone is 1. The molecule has 2 aliphatic rings. The SMILES string of the molecule is O=C1CC=C(C2CCCCCN2)CC1. The van der Waals surface area contributed by atoms with E-state index in [0.29, 0.717) is 18.2 Å². The third-order valence-electron chi connectivity index (χ3n) is 3.29. The van der Waals surface area contributed by atoms with Gasteiger partial charge in [-0.2, -0.15) is 0 Å². The first-order chi connectivity index (χ1) is 6.86. The van der Waals surface area contributed by atoms with Crippen molar-refractivity contribution in [2.24, 2.45) is 0 Å². The number of carbonyl (C=O) groups is 1. The van der Waals surface area contributed by atoms with E-state index in [0.717, 1.165) is 19.4 Å². The topological polar surface area (TPSA) is 29.1 Å². The van der Waals surface area contributed by atoms with Crippen molar-refractivity contribution in [1.82, 2.24) is 5.32 Å². The fourth-order valence-electron chi connectivity index (χ4n) is 2.39. The molecule has 0 amide bonds. The zero-order valence-corrected chi connectivity index (χ0v) is 8.72. The van der Waals surface area contributed by atoms with Crippen LogP contribution in [-0.4, -0.2) is 18.4 Å². The van der Waals surface area contributed by atoms with Crippen molar-refractivity contribution in [2.45, 2.75) is 51.0 Å². The molecule has 0 aromatic carbocycles. The smallest absolute Gasteiger partial charge is 0.136 e. The van der Waals surface area contributed by atoms with Gasteiger partial charge >= 0.3 is 0 Å². The van der Waals surface area contributed by atoms with E-state index in [4.69, 9.17) is 0 Å². The molecule has 1 atom stereocenters. The Bertz CT molecular complexity index is 237. The molecule has 78 valence electrons. The van der Waals surface area contributed by atoms with Crippen LogP contribution in [0.2, 0.25) is 0 Å². The fraction of sp³-hybridized carbons (Fsp3) is 0.750. The van der Waals surface area contributed by atoms with Crippen molar-refractivity contribution < 1.29 is 4.79 Å². The fourth-order valence-corrected chi connectivity index (χ4v) is 2.39. The molecule has 1 saturated heterocycles. The van der Waals surface area contributed by atoms with Gasteiger partial charge in [-0.15, -0.1) is 0 Å². The number of nitrogens with one attached hydrogen (secondary N) is 1. The summed E-state index contributed by atoms with van der Waals surface area (Å²) in [6.45, 7) is 1.15. The molecule has 1 aliphatic carbocycles. The molecule has 14 heavy (non-hydrogen) atoms. The summed E-state index contributed by atoms with van der Waals surface area (Å²) in [6.07, 6.45) is 9.87. The summed E-state index contributed by atoms with van der Waals surface area (Å²) in [6, 6.07) is 0.575. The molecule has 0 aromatic heterocycles. The second kappa shape index (κ2) is 4.74. The Hall–Kier alpha value is -0.630. The van der Waals surface area contributed by atoms with Crippen LogP contribution >= 0.6 is 0 Å². The number of rotatable bonds is 1. The monoisotopic (exact) mass is 193 g/mol. The maximum absolute atomic E-state index is 11.1. The summed E-state index contributed by atoms with van der Waals surface area (Å²) in [5.41, 5.74) is 1.49. The number of ketones is 1. The highest BCUT2D eigenvalue weighted by molar-refractivity contribution is 5.81. The largest absolute Gasteiger partial charge is 0.310 e. The van der Waals surface area contributed by atoms with Gasteiger partial charge in [0.05, 0.1) is 0 Å². The molecule has 1 N–H and O–H groups in total. The van der Waals surface area contributed by atoms with E-state index in [1.807, 2.05) is 0 Å². The predicted molar refractivity (Wildman–Crippen MR) is 57.2 cm³/mol. The number of hydrogen-bond donors (Lipinski definition) is 1. The predicted octanol–water partition coefficient (Wildman–Crippen LogP) is 2.20. The van der Waals surface area contributed by atoms with Crippen LogP contribution in [0.3, 0.4) is 0 Å². The van der Waals surface area contributed by atoms with E-state index in [1.54, 1.807) is 0 Å². The van der Waals surface area contributed by atoms with Crippen molar-refractivity contribution in [1.29, 1.82) is 0 Å². The third kappa shape index (κ3) is 2.44. The minimum absolute atomic E-state index is 0.405. The lowest BCUT2D eigenvalue weighted by Crippen LogP contribution is -2.31. The molecule has 2 heteroatoms. The Morgan fingerprint density at radius 2 is 2.14 bits per heavy atom. The lowest BCUT2D eigenvalue weighted by atomic mass is 9.91. The minimum atomic E-state index is 0.405. The molecular formula is C12H19NO. The summed E-state index contributed by atoms with van der Waals surface area (Å²) >= 11 is 0. The van der Waals surface area contributed by atoms with Crippen molar-refractivity contribution in [3.8, 4) is 0 Å². The molecular weight excluding hydrogens is 174 g/mol. The summed E-state index contributed by atoms with van der Waals surface area (Å²) in [7, 11) is 0. The highest BCUT2D eigenvalue weighted by Gasteiger charge is 2.19. The van der Waals surface area contributed by atoms with Gasteiger partial charge in [-0.3, -0.25) is 4.79 Å². The maximum atomic E-state index is 11.1. The van der Waals surface area contributed by atoms with Crippen LogP contribution in [-0.2, 0) is 4.79 Å². The number of hydrogen-bond acceptors (Lipinski definition) is 2. The zero-order chi connectivity index (χ0) is 9.80. The van der Waals surface area contributed by atoms with E-state index in [1.165, 1.54) is 31.3 Å². The molecule has 0 aromatic rings. The Balaban J connectivity index is 1.95. The van der Waals surface area contributed by atoms with Gasteiger partial charge in [0, 0.05) is 18.9 Å². The van der Waals surface area contributed by atoms with Gasteiger partial charge in [-0.25, -0.2) is 0 Å². The second-order valence-electron chi connectivity index (χ2n) is 4.38. The molecule has 0 radical (unpaired) electrons. The summed E-state index contributed by atoms with van der Waals surface area (Å²) in [5.74, 6) is 0.405. The molecule has 1 fully saturated rings. The Morgan fingerprint density at radius 1 is 1.21 bits per heavy atom. The van der Waals surface area contributed by atoms with Crippen LogP contribution in [0.4, 0.5) is 0 Å². The first-order valence-electron chi connectivity index (χ1n) is 5.80. The van der Waals surface area contributed by atoms with E-state index in [2.05, 4.69) is 11.4 Å². The third-order valence-corrected chi connectivity index (χ3v) is 3.29. The minimum Gasteiger partial charge on any atom is -0.310 e. The molecule has 1 unspecified atom stereocenters. The molecule has 2 rings (SSSR count). The van der Waals surface area contributed by atoms with E-state index >= 15 is 0 Å². The van der Waals surface area contributed by atoms with Gasteiger partial charge in [0.15, 0.2) is 0 Å². The van der Waals surface area contributed by atoms with Gasteiger partial charge < -0.3 is 5.32 Å². The highest BCUT2D eigenvalue weighted by atomic mass is 16.1. The number of Topliss-reactive ketones (excluding diaryl/α,β-unsaturated/α-hetero) is 1. The summed E-state index contributed by atoms with van der Waals surface area (Å²) < 4.78 is 0. The molecule has 0 spiro atoms. The first kappa shape index (κ1) is 9.91. The van der Waals surface area contributed by atoms with Crippen LogP contribution in [0.5, 0.6) is 0 Å². The van der Waals surface area contributed by atoms with E-state index in [9.17, 15) is 4.79 Å². The maximum Gasteiger partial charge on any atom is 0.136 e. The quantitative estimate of drug-likeness (QED) is 0.647. The Labute approximate surface area is 85.8 Å². The average Bonchev–Trinajstić information content (AvgIpc) is 2.47. The van der Waals surface area contributed by atoms with E-state index < -0.39 is 0 Å². The molecule has 0 saturated carbocycles. The van der Waals surface area contributed by atoms with Crippen LogP contribution in [0.25, 0.3) is 0 Å². The lowest BCUT2D eigenvalue weighted by Gasteiger charge is -2.22. The molecule has 1 aliphatic heterocycles. The summed E-state index contributed by atoms with van der Waals surface area (Å²) in [5, 5.41) is 3.59. The average molecular weight is 193 g/mol. The van der Waals surface area contributed by atoms with Gasteiger partial charge in [0.25, 0.3) is 0 Å². The van der Waals surface area contributed by atoms with Crippen LogP contribution in [0.1, 0.15) is 44.9 Å². The van der Waals surface area contributed by atoms with Gasteiger partial charge in [-0.1, -0.05) is 24.5 Å². The number of carbonyl (C=O) groups excluding carboxylic acids is 1. The van der Waals surface area contributed by atoms with Gasteiger partial charge in [0.1, 0.15) is 5.78 Å². The lowest BCUT2D eigenvalue weighted by molar-refractivity contribution is -0.118. The van der Waals surface area contributed by atoms with Crippen molar-refractivity contribution in [2.75, 3.05) is 6.54 Å². The summed E-state index contributed by atoms with van der Waals surface area (Å²) in [4.78, 5) is 11.1. The second-order valence-corrected chi connectivity index (χ2v) is 4.38. The molecule has 1 heterocycles. The van der Waals surface area contributed by atoms with Crippen LogP contribution in [0, 0.1) is 0 Å². The van der Waals surface area contributed by atoms with Crippen LogP contribution < -0.4 is 5.32 Å². The first-order valence-corrected chi connectivity index (χ1v) is 5.80. The van der Waals surface area contributed by atoms with E-state index in [-0.39, 0.29) is 0 Å². The normalized spacial score (nSPS) is 29.6. The van der Waals surface area contributed by atoms with Gasteiger partial charge in [0.2, 0.25) is 0 Å². The van der Waals surface area contributed by atoms with Crippen molar-refractivity contribution in [3.05, 3.63) is 11.6 Å². The highest BCUT2D eigenvalue weighted by Crippen LogP contribution is 2.23. The molecule has 0 bridgehead atoms. The Morgan fingerprint density at radius 3 is 2.93 bits per heavy atom. The van der Waals surface area contributed by atoms with Crippen LogP contribution in [0.15, 0.2) is 11.6 Å². The zero-order valence-electron chi connectivity index (χ0n) is 8.72. The van der Waals surface area contributed by atoms with Crippen molar-refractivity contribution in [3.63, 3.8) is 0 Å². The molecule has 2 nitrogen and oxygen atoms in total. The Kier molecular flexibility index (Phi) is 3.35. The standard InChI is InChI=1S/C12H19NO/c14-11-7-5-10(6-8-11)12-4-2-1-3-9-13-12/h5,12-13H,1-4,6-9H2. The van der Waals surface area contributed by atoms with Crippen molar-refractivity contribution >= 4 is 5.78 Å². The van der Waals surface area contributed by atoms with Gasteiger partial charge in [-0.05, 0) is 25.8 Å².